The van der Waals surface area contributed by atoms with E-state index in [1.54, 1.807) is 14.2 Å². The molecule has 1 saturated heterocycles. The summed E-state index contributed by atoms with van der Waals surface area (Å²) >= 11 is 3.88. The third-order valence-corrected chi connectivity index (χ3v) is 6.41. The molecule has 0 aromatic heterocycles. The Bertz CT molecular complexity index is 362. The number of nitrogens with zero attached hydrogens (tertiary/aromatic N) is 1. The Balaban J connectivity index is 2.04. The summed E-state index contributed by atoms with van der Waals surface area (Å²) in [6, 6.07) is 0. The van der Waals surface area contributed by atoms with Crippen molar-refractivity contribution in [2.45, 2.75) is 20.3 Å². The summed E-state index contributed by atoms with van der Waals surface area (Å²) in [6.45, 7) is 4.41. The number of hydrogen-bond donors (Lipinski definition) is 0. The van der Waals surface area contributed by atoms with E-state index >= 15 is 0 Å². The van der Waals surface area contributed by atoms with Crippen molar-refractivity contribution >= 4 is 29.4 Å². The number of hydroxylamine groups is 2. The average molecular weight is 301 g/mol. The lowest BCUT2D eigenvalue weighted by Crippen LogP contribution is -2.28. The minimum absolute atomic E-state index is 0.112. The molecule has 0 bridgehead atoms. The molecule has 2 aliphatic rings. The first-order valence-corrected chi connectivity index (χ1v) is 8.82. The summed E-state index contributed by atoms with van der Waals surface area (Å²) < 4.78 is 1.41. The fourth-order valence-corrected chi connectivity index (χ4v) is 5.26. The molecule has 0 spiro atoms. The first kappa shape index (κ1) is 15.3. The van der Waals surface area contributed by atoms with Gasteiger partial charge in [0.1, 0.15) is 0 Å². The van der Waals surface area contributed by atoms with Crippen LogP contribution in [0.15, 0.2) is 10.3 Å². The van der Waals surface area contributed by atoms with Crippen LogP contribution in [0.3, 0.4) is 0 Å². The van der Waals surface area contributed by atoms with Crippen LogP contribution in [0.4, 0.5) is 0 Å². The van der Waals surface area contributed by atoms with Crippen LogP contribution in [0.1, 0.15) is 20.3 Å². The Labute approximate surface area is 124 Å². The SMILES string of the molecule is CON(C)C(=O)[C@@H]1[C@@H](C=C2SCCCS2)[C@@H]1C(C)C. The van der Waals surface area contributed by atoms with Crippen molar-refractivity contribution in [3.63, 3.8) is 0 Å². The topological polar surface area (TPSA) is 29.5 Å². The van der Waals surface area contributed by atoms with Crippen LogP contribution in [-0.2, 0) is 9.63 Å². The molecule has 1 aliphatic carbocycles. The lowest BCUT2D eigenvalue weighted by atomic mass is 10.1. The Morgan fingerprint density at radius 3 is 2.58 bits per heavy atom. The number of thioether (sulfide) groups is 2. The second kappa shape index (κ2) is 6.55. The highest BCUT2D eigenvalue weighted by Crippen LogP contribution is 2.54. The molecule has 3 nitrogen and oxygen atoms in total. The summed E-state index contributed by atoms with van der Waals surface area (Å²) in [6.07, 6.45) is 3.63. The highest BCUT2D eigenvalue weighted by atomic mass is 32.2. The number of allylic oxidation sites excluding steroid dienone is 1. The molecule has 2 fully saturated rings. The van der Waals surface area contributed by atoms with Crippen LogP contribution in [-0.4, -0.2) is 36.6 Å². The van der Waals surface area contributed by atoms with Crippen molar-refractivity contribution in [1.82, 2.24) is 5.06 Å². The van der Waals surface area contributed by atoms with Crippen molar-refractivity contribution in [3.05, 3.63) is 10.3 Å². The lowest BCUT2D eigenvalue weighted by Gasteiger charge is -2.14. The van der Waals surface area contributed by atoms with E-state index in [0.29, 0.717) is 17.8 Å². The molecule has 108 valence electrons. The van der Waals surface area contributed by atoms with Gasteiger partial charge >= 0.3 is 0 Å². The van der Waals surface area contributed by atoms with Gasteiger partial charge in [0.2, 0.25) is 5.91 Å². The second-order valence-corrected chi connectivity index (χ2v) is 8.01. The number of hydrogen-bond acceptors (Lipinski definition) is 4. The van der Waals surface area contributed by atoms with E-state index in [2.05, 4.69) is 19.9 Å². The summed E-state index contributed by atoms with van der Waals surface area (Å²) in [5, 5.41) is 1.37. The molecule has 0 N–H and O–H groups in total. The van der Waals surface area contributed by atoms with E-state index in [1.165, 1.54) is 27.2 Å². The zero-order valence-corrected chi connectivity index (χ0v) is 13.7. The van der Waals surface area contributed by atoms with Crippen LogP contribution >= 0.6 is 23.5 Å². The molecule has 2 rings (SSSR count). The highest BCUT2D eigenvalue weighted by Gasteiger charge is 2.55. The Kier molecular flexibility index (Phi) is 5.26. The first-order valence-electron chi connectivity index (χ1n) is 6.85. The fourth-order valence-electron chi connectivity index (χ4n) is 2.76. The van der Waals surface area contributed by atoms with E-state index in [9.17, 15) is 4.79 Å². The highest BCUT2D eigenvalue weighted by molar-refractivity contribution is 8.22. The molecule has 1 amide bonds. The van der Waals surface area contributed by atoms with Crippen molar-refractivity contribution in [2.24, 2.45) is 23.7 Å². The number of carbonyl (C=O) groups is 1. The maximum Gasteiger partial charge on any atom is 0.249 e. The Morgan fingerprint density at radius 1 is 1.42 bits per heavy atom. The smallest absolute Gasteiger partial charge is 0.249 e. The molecule has 0 unspecified atom stereocenters. The summed E-state index contributed by atoms with van der Waals surface area (Å²) in [7, 11) is 3.25. The van der Waals surface area contributed by atoms with Crippen LogP contribution < -0.4 is 0 Å². The summed E-state index contributed by atoms with van der Waals surface area (Å²) in [5.74, 6) is 4.08. The quantitative estimate of drug-likeness (QED) is 0.746. The van der Waals surface area contributed by atoms with Gasteiger partial charge < -0.3 is 0 Å². The second-order valence-electron chi connectivity index (χ2n) is 5.48. The number of rotatable bonds is 4. The van der Waals surface area contributed by atoms with Crippen molar-refractivity contribution in [1.29, 1.82) is 0 Å². The molecule has 0 aromatic rings. The van der Waals surface area contributed by atoms with Crippen LogP contribution in [0.5, 0.6) is 0 Å². The Hall–Kier alpha value is -0.130. The van der Waals surface area contributed by atoms with Gasteiger partial charge in [-0.15, -0.1) is 23.5 Å². The molecular formula is C14H23NO2S2. The Morgan fingerprint density at radius 2 is 2.05 bits per heavy atom. The molecule has 1 aliphatic heterocycles. The molecule has 0 radical (unpaired) electrons. The van der Waals surface area contributed by atoms with Gasteiger partial charge in [0.05, 0.1) is 13.0 Å². The van der Waals surface area contributed by atoms with E-state index in [1.807, 2.05) is 23.5 Å². The molecule has 0 aromatic carbocycles. The monoisotopic (exact) mass is 301 g/mol. The predicted molar refractivity (Wildman–Crippen MR) is 82.7 cm³/mol. The minimum atomic E-state index is 0.112. The van der Waals surface area contributed by atoms with Gasteiger partial charge in [-0.05, 0) is 35.7 Å². The van der Waals surface area contributed by atoms with Gasteiger partial charge in [-0.1, -0.05) is 19.9 Å². The maximum atomic E-state index is 12.3. The molecule has 1 heterocycles. The standard InChI is InChI=1S/C14H23NO2S2/c1-9(2)12-10(8-11-18-6-5-7-19-11)13(12)14(16)15(3)17-4/h8-10,12-13H,5-7H2,1-4H3/t10-,12-,13+/m0/s1. The van der Waals surface area contributed by atoms with Crippen LogP contribution in [0.2, 0.25) is 0 Å². The minimum Gasteiger partial charge on any atom is -0.275 e. The van der Waals surface area contributed by atoms with Gasteiger partial charge in [-0.2, -0.15) is 0 Å². The van der Waals surface area contributed by atoms with Crippen LogP contribution in [0.25, 0.3) is 0 Å². The molecule has 1 saturated carbocycles. The lowest BCUT2D eigenvalue weighted by molar-refractivity contribution is -0.170. The van der Waals surface area contributed by atoms with Gasteiger partial charge in [0.15, 0.2) is 0 Å². The molecule has 5 heteroatoms. The zero-order valence-electron chi connectivity index (χ0n) is 12.1. The third kappa shape index (κ3) is 3.50. The van der Waals surface area contributed by atoms with Gasteiger partial charge in [0, 0.05) is 11.3 Å². The largest absolute Gasteiger partial charge is 0.275 e. The van der Waals surface area contributed by atoms with Gasteiger partial charge in [0.25, 0.3) is 0 Å². The van der Waals surface area contributed by atoms with E-state index in [0.717, 1.165) is 0 Å². The van der Waals surface area contributed by atoms with Crippen LogP contribution in [0, 0.1) is 23.7 Å². The van der Waals surface area contributed by atoms with Crippen molar-refractivity contribution < 1.29 is 9.63 Å². The van der Waals surface area contributed by atoms with Gasteiger partial charge in [-0.25, -0.2) is 5.06 Å². The zero-order chi connectivity index (χ0) is 14.0. The third-order valence-electron chi connectivity index (χ3n) is 3.88. The first-order chi connectivity index (χ1) is 9.06. The molecular weight excluding hydrogens is 278 g/mol. The van der Waals surface area contributed by atoms with Crippen molar-refractivity contribution in [3.8, 4) is 0 Å². The van der Waals surface area contributed by atoms with E-state index < -0.39 is 0 Å². The van der Waals surface area contributed by atoms with Crippen molar-refractivity contribution in [2.75, 3.05) is 25.7 Å². The van der Waals surface area contributed by atoms with E-state index in [4.69, 9.17) is 4.84 Å². The number of amides is 1. The average Bonchev–Trinajstić information content (AvgIpc) is 3.12. The maximum absolute atomic E-state index is 12.3. The van der Waals surface area contributed by atoms with E-state index in [-0.39, 0.29) is 11.8 Å². The predicted octanol–water partition coefficient (Wildman–Crippen LogP) is 3.24. The molecule has 3 atom stereocenters. The molecule has 19 heavy (non-hydrogen) atoms. The normalized spacial score (nSPS) is 30.4. The fraction of sp³-hybridized carbons (Fsp3) is 0.786. The van der Waals surface area contributed by atoms with Gasteiger partial charge in [-0.3, -0.25) is 9.63 Å². The summed E-state index contributed by atoms with van der Waals surface area (Å²) in [4.78, 5) is 17.3. The summed E-state index contributed by atoms with van der Waals surface area (Å²) in [5.41, 5.74) is 0. The number of carbonyl (C=O) groups excluding carboxylic acids is 1.